The van der Waals surface area contributed by atoms with Gasteiger partial charge in [-0.15, -0.1) is 0 Å². The molecule has 0 heterocycles. The average Bonchev–Trinajstić information content (AvgIpc) is 2.67. The molecule has 1 atom stereocenters. The Kier molecular flexibility index (Phi) is 23.4. The normalized spacial score (nSPS) is 11.8. The highest BCUT2D eigenvalue weighted by Gasteiger charge is 2.16. The Morgan fingerprint density at radius 3 is 0.929 bits per heavy atom. The van der Waals surface area contributed by atoms with Crippen LogP contribution in [0.1, 0.15) is 61.8 Å². The summed E-state index contributed by atoms with van der Waals surface area (Å²) in [4.78, 5) is 19.1. The quantitative estimate of drug-likeness (QED) is 0.444. The van der Waals surface area contributed by atoms with E-state index < -0.39 is 24.5 Å². The van der Waals surface area contributed by atoms with E-state index in [2.05, 4.69) is 55.4 Å². The summed E-state index contributed by atoms with van der Waals surface area (Å²) in [6.07, 6.45) is -2.89. The molecule has 0 aromatic heterocycles. The minimum Gasteiger partial charge on any atom is -0.550 e. The molecule has 0 saturated carbocycles. The van der Waals surface area contributed by atoms with Crippen LogP contribution in [0.3, 0.4) is 0 Å². The third kappa shape index (κ3) is 14.8. The van der Waals surface area contributed by atoms with E-state index in [1.54, 1.807) is 0 Å². The second-order valence-corrected chi connectivity index (χ2v) is 6.62. The van der Waals surface area contributed by atoms with Gasteiger partial charge in [-0.25, -0.2) is 0 Å². The molecule has 0 fully saturated rings. The van der Waals surface area contributed by atoms with Crippen LogP contribution in [-0.4, -0.2) is 89.9 Å². The number of carbonyl (C=O) groups excluding carboxylic acids is 2. The van der Waals surface area contributed by atoms with Crippen molar-refractivity contribution in [2.24, 2.45) is 0 Å². The highest BCUT2D eigenvalue weighted by molar-refractivity contribution is 5.76. The number of hydrogen-bond acceptors (Lipinski definition) is 5. The molecule has 3 N–H and O–H groups in total. The Bertz CT molecular complexity index is 328. The van der Waals surface area contributed by atoms with Crippen LogP contribution < -0.4 is 10.2 Å². The van der Waals surface area contributed by atoms with Crippen molar-refractivity contribution in [3.05, 3.63) is 0 Å². The Hall–Kier alpha value is -1.22. The van der Waals surface area contributed by atoms with E-state index in [1.165, 1.54) is 61.3 Å². The first-order valence-corrected chi connectivity index (χ1v) is 10.3. The lowest BCUT2D eigenvalue weighted by atomic mass is 10.3. The Labute approximate surface area is 172 Å². The fourth-order valence-corrected chi connectivity index (χ4v) is 2.92. The van der Waals surface area contributed by atoms with Crippen molar-refractivity contribution < 1.29 is 39.4 Å². The molecule has 172 valence electrons. The number of carboxylic acids is 2. The number of quaternary nitrogens is 2. The zero-order valence-electron chi connectivity index (χ0n) is 19.4. The number of nitrogens with zero attached hydrogens (tertiary/aromatic N) is 2. The van der Waals surface area contributed by atoms with Gasteiger partial charge in [0.2, 0.25) is 0 Å². The smallest absolute Gasteiger partial charge is 0.0985 e. The van der Waals surface area contributed by atoms with Gasteiger partial charge in [0.05, 0.1) is 64.4 Å². The van der Waals surface area contributed by atoms with Gasteiger partial charge in [0.1, 0.15) is 0 Å². The number of aliphatic hydroxyl groups is 1. The standard InChI is InChI=1S/2C8H20N.C4H6O5.H2O/c2*1-5-9(6-2,7-3)8-4;5-2(4(8)9)1-3(6)7;/h2*5-8H2,1-4H3;2,5H,1H2,(H,6,7)(H,8,9);1H2/q2*+1;;/p-2/t;;2-;/m..0./s1. The minimum atomic E-state index is -1.96. The number of aliphatic carboxylic acids is 2. The highest BCUT2D eigenvalue weighted by Crippen LogP contribution is 2.04. The SMILES string of the molecule is CC[N+](CC)(CC)CC.CC[N+](CC)(CC)CC.O.O=C([O-])C[C@H](O)C(=O)[O-]. The Morgan fingerprint density at radius 2 is 0.893 bits per heavy atom. The van der Waals surface area contributed by atoms with Crippen LogP contribution in [0.5, 0.6) is 0 Å². The maximum atomic E-state index is 9.58. The number of rotatable bonds is 11. The summed E-state index contributed by atoms with van der Waals surface area (Å²) < 4.78 is 2.56. The van der Waals surface area contributed by atoms with E-state index in [0.717, 1.165) is 0 Å². The molecule has 0 amide bonds. The molecule has 0 aromatic rings. The van der Waals surface area contributed by atoms with Crippen molar-refractivity contribution in [1.29, 1.82) is 0 Å². The minimum absolute atomic E-state index is 0. The van der Waals surface area contributed by atoms with Gasteiger partial charge in [0.15, 0.2) is 0 Å². The fourth-order valence-electron chi connectivity index (χ4n) is 2.92. The van der Waals surface area contributed by atoms with Crippen LogP contribution in [0.2, 0.25) is 0 Å². The molecule has 0 aliphatic carbocycles. The van der Waals surface area contributed by atoms with Gasteiger partial charge in [-0.3, -0.25) is 0 Å². The lowest BCUT2D eigenvalue weighted by molar-refractivity contribution is -0.921. The van der Waals surface area contributed by atoms with Crippen LogP contribution in [0.25, 0.3) is 0 Å². The van der Waals surface area contributed by atoms with E-state index in [1.807, 2.05) is 0 Å². The summed E-state index contributed by atoms with van der Waals surface area (Å²) in [7, 11) is 0. The van der Waals surface area contributed by atoms with Crippen LogP contribution in [0.4, 0.5) is 0 Å². The fraction of sp³-hybridized carbons (Fsp3) is 0.900. The van der Waals surface area contributed by atoms with Crippen LogP contribution in [-0.2, 0) is 9.59 Å². The zero-order valence-corrected chi connectivity index (χ0v) is 19.4. The van der Waals surface area contributed by atoms with Crippen molar-refractivity contribution in [2.75, 3.05) is 52.4 Å². The number of carboxylic acid groups (broad SMARTS) is 2. The third-order valence-corrected chi connectivity index (χ3v) is 6.00. The van der Waals surface area contributed by atoms with Crippen molar-refractivity contribution in [1.82, 2.24) is 0 Å². The van der Waals surface area contributed by atoms with Crippen LogP contribution >= 0.6 is 0 Å². The summed E-state index contributed by atoms with van der Waals surface area (Å²) >= 11 is 0. The summed E-state index contributed by atoms with van der Waals surface area (Å²) in [5.74, 6) is -3.43. The molecular weight excluding hydrogens is 364 g/mol. The van der Waals surface area contributed by atoms with Crippen molar-refractivity contribution >= 4 is 11.9 Å². The average molecular weight is 411 g/mol. The lowest BCUT2D eigenvalue weighted by Gasteiger charge is -2.34. The first-order valence-electron chi connectivity index (χ1n) is 10.3. The molecule has 0 aliphatic rings. The summed E-state index contributed by atoms with van der Waals surface area (Å²) in [6.45, 7) is 28.4. The first kappa shape index (κ1) is 34.3. The second kappa shape index (κ2) is 19.1. The number of carbonyl (C=O) groups is 2. The van der Waals surface area contributed by atoms with Gasteiger partial charge in [-0.05, 0) is 55.4 Å². The van der Waals surface area contributed by atoms with Gasteiger partial charge in [0, 0.05) is 12.4 Å². The molecule has 0 aromatic carbocycles. The van der Waals surface area contributed by atoms with E-state index in [-0.39, 0.29) is 5.48 Å². The predicted molar refractivity (Wildman–Crippen MR) is 109 cm³/mol. The molecule has 0 aliphatic heterocycles. The van der Waals surface area contributed by atoms with Crippen LogP contribution in [0.15, 0.2) is 0 Å². The van der Waals surface area contributed by atoms with E-state index in [9.17, 15) is 19.8 Å². The Morgan fingerprint density at radius 1 is 0.679 bits per heavy atom. The van der Waals surface area contributed by atoms with Crippen LogP contribution in [0, 0.1) is 0 Å². The first-order chi connectivity index (χ1) is 12.5. The monoisotopic (exact) mass is 410 g/mol. The molecule has 0 spiro atoms. The van der Waals surface area contributed by atoms with Crippen molar-refractivity contribution in [3.8, 4) is 0 Å². The summed E-state index contributed by atoms with van der Waals surface area (Å²) in [5.41, 5.74) is 0. The maximum absolute atomic E-state index is 9.58. The molecule has 8 heteroatoms. The molecule has 0 unspecified atom stereocenters. The number of hydrogen-bond donors (Lipinski definition) is 1. The third-order valence-electron chi connectivity index (χ3n) is 6.00. The second-order valence-electron chi connectivity index (χ2n) is 6.62. The summed E-state index contributed by atoms with van der Waals surface area (Å²) in [6, 6.07) is 0. The van der Waals surface area contributed by atoms with Gasteiger partial charge in [-0.1, -0.05) is 0 Å². The molecular formula is C20H46N2O6. The lowest BCUT2D eigenvalue weighted by Crippen LogP contribution is -2.47. The van der Waals surface area contributed by atoms with E-state index >= 15 is 0 Å². The number of aliphatic hydroxyl groups excluding tert-OH is 1. The van der Waals surface area contributed by atoms with Gasteiger partial charge < -0.3 is 39.4 Å². The molecule has 0 saturated heterocycles. The highest BCUT2D eigenvalue weighted by atomic mass is 16.4. The molecule has 0 rings (SSSR count). The van der Waals surface area contributed by atoms with E-state index in [0.29, 0.717) is 0 Å². The van der Waals surface area contributed by atoms with Gasteiger partial charge >= 0.3 is 0 Å². The maximum Gasteiger partial charge on any atom is 0.0985 e. The van der Waals surface area contributed by atoms with Gasteiger partial charge in [0.25, 0.3) is 0 Å². The molecule has 28 heavy (non-hydrogen) atoms. The molecule has 8 nitrogen and oxygen atoms in total. The topological polar surface area (TPSA) is 132 Å². The largest absolute Gasteiger partial charge is 0.550 e. The Balaban J connectivity index is -0.000000152. The van der Waals surface area contributed by atoms with Crippen molar-refractivity contribution in [3.63, 3.8) is 0 Å². The molecule has 0 bridgehead atoms. The van der Waals surface area contributed by atoms with Gasteiger partial charge in [-0.2, -0.15) is 0 Å². The summed E-state index contributed by atoms with van der Waals surface area (Å²) in [5, 5.41) is 27.3. The molecule has 0 radical (unpaired) electrons. The zero-order chi connectivity index (χ0) is 22.1. The van der Waals surface area contributed by atoms with Crippen molar-refractivity contribution in [2.45, 2.75) is 67.9 Å². The predicted octanol–water partition coefficient (Wildman–Crippen LogP) is -0.822. The van der Waals surface area contributed by atoms with E-state index in [4.69, 9.17) is 5.11 Å².